The van der Waals surface area contributed by atoms with E-state index in [1.54, 1.807) is 0 Å². The fourth-order valence-corrected chi connectivity index (χ4v) is 0.980. The number of rotatable bonds is 2. The zero-order chi connectivity index (χ0) is 11.6. The molecule has 0 bridgehead atoms. The number of aromatic hydroxyl groups is 1. The van der Waals surface area contributed by atoms with Crippen LogP contribution in [0.15, 0.2) is 6.07 Å². The van der Waals surface area contributed by atoms with E-state index in [1.807, 2.05) is 0 Å². The van der Waals surface area contributed by atoms with Crippen molar-refractivity contribution in [2.75, 3.05) is 6.61 Å². The smallest absolute Gasteiger partial charge is 0.345 e. The van der Waals surface area contributed by atoms with Crippen molar-refractivity contribution in [1.82, 2.24) is 0 Å². The number of benzene rings is 1. The first kappa shape index (κ1) is 11.4. The molecule has 0 fully saturated rings. The summed E-state index contributed by atoms with van der Waals surface area (Å²) >= 11 is 0. The third kappa shape index (κ3) is 2.03. The molecule has 1 rings (SSSR count). The van der Waals surface area contributed by atoms with Crippen LogP contribution in [0.5, 0.6) is 5.75 Å². The molecule has 0 unspecified atom stereocenters. The van der Waals surface area contributed by atoms with Crippen LogP contribution in [-0.4, -0.2) is 17.7 Å². The standard InChI is InChI=1S/C9H7F3O3/c1-2-15-9(14)6-5(13)3-4(10)7(11)8(6)12/h3,13H,2H2,1H3. The van der Waals surface area contributed by atoms with Crippen molar-refractivity contribution in [3.05, 3.63) is 29.1 Å². The number of carbonyl (C=O) groups excluding carboxylic acids is 1. The van der Waals surface area contributed by atoms with E-state index in [4.69, 9.17) is 5.11 Å². The Morgan fingerprint density at radius 3 is 2.53 bits per heavy atom. The molecule has 0 amide bonds. The summed E-state index contributed by atoms with van der Waals surface area (Å²) in [6, 6.07) is 0.310. The van der Waals surface area contributed by atoms with Gasteiger partial charge in [-0.15, -0.1) is 0 Å². The molecule has 0 aliphatic heterocycles. The van der Waals surface area contributed by atoms with Gasteiger partial charge in [0.15, 0.2) is 17.5 Å². The third-order valence-corrected chi connectivity index (χ3v) is 1.62. The van der Waals surface area contributed by atoms with Crippen LogP contribution in [-0.2, 0) is 4.74 Å². The van der Waals surface area contributed by atoms with Gasteiger partial charge in [-0.25, -0.2) is 18.0 Å². The summed E-state index contributed by atoms with van der Waals surface area (Å²) in [6.45, 7) is 1.38. The molecule has 0 heterocycles. The largest absolute Gasteiger partial charge is 0.507 e. The minimum Gasteiger partial charge on any atom is -0.507 e. The molecule has 0 saturated carbocycles. The summed E-state index contributed by atoms with van der Waals surface area (Å²) in [5, 5.41) is 9.05. The molecule has 82 valence electrons. The maximum absolute atomic E-state index is 13.0. The Morgan fingerprint density at radius 1 is 1.40 bits per heavy atom. The van der Waals surface area contributed by atoms with Gasteiger partial charge in [0.2, 0.25) is 0 Å². The molecule has 15 heavy (non-hydrogen) atoms. The molecule has 1 aromatic rings. The predicted octanol–water partition coefficient (Wildman–Crippen LogP) is 1.99. The summed E-state index contributed by atoms with van der Waals surface area (Å²) in [4.78, 5) is 11.0. The molecular weight excluding hydrogens is 213 g/mol. The van der Waals surface area contributed by atoms with Crippen LogP contribution in [0.4, 0.5) is 13.2 Å². The lowest BCUT2D eigenvalue weighted by Crippen LogP contribution is -2.10. The molecule has 0 spiro atoms. The van der Waals surface area contributed by atoms with Crippen molar-refractivity contribution in [3.63, 3.8) is 0 Å². The molecule has 0 aliphatic rings. The Balaban J connectivity index is 3.29. The van der Waals surface area contributed by atoms with Gasteiger partial charge in [-0.3, -0.25) is 0 Å². The van der Waals surface area contributed by atoms with Crippen LogP contribution >= 0.6 is 0 Å². The third-order valence-electron chi connectivity index (χ3n) is 1.62. The van der Waals surface area contributed by atoms with E-state index < -0.39 is 34.7 Å². The van der Waals surface area contributed by atoms with E-state index in [-0.39, 0.29) is 6.61 Å². The minimum absolute atomic E-state index is 0.0727. The number of esters is 1. The first-order valence-corrected chi connectivity index (χ1v) is 4.02. The molecule has 1 aromatic carbocycles. The molecule has 1 N–H and O–H groups in total. The van der Waals surface area contributed by atoms with Gasteiger partial charge in [0.25, 0.3) is 0 Å². The first-order valence-electron chi connectivity index (χ1n) is 4.02. The summed E-state index contributed by atoms with van der Waals surface area (Å²) < 4.78 is 42.6. The minimum atomic E-state index is -1.82. The van der Waals surface area contributed by atoms with Gasteiger partial charge >= 0.3 is 5.97 Å². The second-order valence-corrected chi connectivity index (χ2v) is 2.60. The Bertz CT molecular complexity index is 404. The van der Waals surface area contributed by atoms with E-state index in [0.29, 0.717) is 6.07 Å². The fraction of sp³-hybridized carbons (Fsp3) is 0.222. The van der Waals surface area contributed by atoms with Gasteiger partial charge in [-0.2, -0.15) is 0 Å². The number of hydrogen-bond acceptors (Lipinski definition) is 3. The molecular formula is C9H7F3O3. The zero-order valence-corrected chi connectivity index (χ0v) is 7.68. The fourth-order valence-electron chi connectivity index (χ4n) is 0.980. The number of phenolic OH excluding ortho intramolecular Hbond substituents is 1. The molecule has 0 atom stereocenters. The molecule has 0 saturated heterocycles. The van der Waals surface area contributed by atoms with E-state index in [9.17, 15) is 18.0 Å². The van der Waals surface area contributed by atoms with Crippen molar-refractivity contribution in [2.24, 2.45) is 0 Å². The average molecular weight is 220 g/mol. The lowest BCUT2D eigenvalue weighted by molar-refractivity contribution is 0.0516. The molecule has 0 aromatic heterocycles. The quantitative estimate of drug-likeness (QED) is 0.612. The Hall–Kier alpha value is -1.72. The highest BCUT2D eigenvalue weighted by molar-refractivity contribution is 5.92. The number of carbonyl (C=O) groups is 1. The van der Waals surface area contributed by atoms with Crippen LogP contribution in [0.2, 0.25) is 0 Å². The van der Waals surface area contributed by atoms with Crippen LogP contribution in [0, 0.1) is 17.5 Å². The van der Waals surface area contributed by atoms with Gasteiger partial charge in [0.1, 0.15) is 11.3 Å². The summed E-state index contributed by atoms with van der Waals surface area (Å²) in [5.41, 5.74) is -1.00. The highest BCUT2D eigenvalue weighted by atomic mass is 19.2. The maximum atomic E-state index is 13.0. The number of phenols is 1. The van der Waals surface area contributed by atoms with E-state index >= 15 is 0 Å². The van der Waals surface area contributed by atoms with E-state index in [0.717, 1.165) is 0 Å². The van der Waals surface area contributed by atoms with Crippen molar-refractivity contribution >= 4 is 5.97 Å². The van der Waals surface area contributed by atoms with Crippen molar-refractivity contribution in [1.29, 1.82) is 0 Å². The van der Waals surface area contributed by atoms with Gasteiger partial charge in [-0.1, -0.05) is 0 Å². The zero-order valence-electron chi connectivity index (χ0n) is 7.68. The first-order chi connectivity index (χ1) is 6.99. The van der Waals surface area contributed by atoms with Crippen molar-refractivity contribution in [2.45, 2.75) is 6.92 Å². The number of halogens is 3. The van der Waals surface area contributed by atoms with E-state index in [2.05, 4.69) is 4.74 Å². The SMILES string of the molecule is CCOC(=O)c1c(O)cc(F)c(F)c1F. The summed E-state index contributed by atoms with van der Waals surface area (Å²) in [6.07, 6.45) is 0. The van der Waals surface area contributed by atoms with Crippen LogP contribution in [0.3, 0.4) is 0 Å². The van der Waals surface area contributed by atoms with Crippen LogP contribution < -0.4 is 0 Å². The number of hydrogen-bond donors (Lipinski definition) is 1. The lowest BCUT2D eigenvalue weighted by Gasteiger charge is -2.06. The van der Waals surface area contributed by atoms with Gasteiger partial charge in [-0.05, 0) is 6.92 Å². The van der Waals surface area contributed by atoms with Crippen molar-refractivity contribution in [3.8, 4) is 5.75 Å². The highest BCUT2D eigenvalue weighted by Gasteiger charge is 2.24. The highest BCUT2D eigenvalue weighted by Crippen LogP contribution is 2.25. The molecule has 6 heteroatoms. The Morgan fingerprint density at radius 2 is 2.00 bits per heavy atom. The lowest BCUT2D eigenvalue weighted by atomic mass is 10.1. The monoisotopic (exact) mass is 220 g/mol. The summed E-state index contributed by atoms with van der Waals surface area (Å²) in [7, 11) is 0. The average Bonchev–Trinajstić information content (AvgIpc) is 2.15. The maximum Gasteiger partial charge on any atom is 0.345 e. The number of ether oxygens (including phenoxy) is 1. The second kappa shape index (κ2) is 4.20. The Labute approximate surface area is 83.1 Å². The van der Waals surface area contributed by atoms with Crippen molar-refractivity contribution < 1.29 is 27.8 Å². The predicted molar refractivity (Wildman–Crippen MR) is 43.9 cm³/mol. The topological polar surface area (TPSA) is 46.5 Å². The van der Waals surface area contributed by atoms with Gasteiger partial charge in [0.05, 0.1) is 6.61 Å². The molecule has 3 nitrogen and oxygen atoms in total. The van der Waals surface area contributed by atoms with E-state index in [1.165, 1.54) is 6.92 Å². The normalized spacial score (nSPS) is 10.1. The van der Waals surface area contributed by atoms with Gasteiger partial charge < -0.3 is 9.84 Å². The second-order valence-electron chi connectivity index (χ2n) is 2.60. The summed E-state index contributed by atoms with van der Waals surface area (Å²) in [5.74, 6) is -7.39. The molecule has 0 aliphatic carbocycles. The molecule has 0 radical (unpaired) electrons. The van der Waals surface area contributed by atoms with Gasteiger partial charge in [0, 0.05) is 6.07 Å². The Kier molecular flexibility index (Phi) is 3.18. The van der Waals surface area contributed by atoms with Crippen LogP contribution in [0.25, 0.3) is 0 Å². The van der Waals surface area contributed by atoms with Crippen LogP contribution in [0.1, 0.15) is 17.3 Å².